The highest BCUT2D eigenvalue weighted by Crippen LogP contribution is 2.41. The van der Waals surface area contributed by atoms with Gasteiger partial charge in [0.15, 0.2) is 0 Å². The minimum Gasteiger partial charge on any atom is -0.372 e. The number of rotatable bonds is 7. The number of piperidine rings is 1. The lowest BCUT2D eigenvalue weighted by Gasteiger charge is -2.44. The first-order valence-corrected chi connectivity index (χ1v) is 11.7. The Hall–Kier alpha value is -3.64. The maximum Gasteiger partial charge on any atom is 0.344 e. The third kappa shape index (κ3) is 5.29. The van der Waals surface area contributed by atoms with Gasteiger partial charge in [-0.25, -0.2) is 4.79 Å². The number of fused-ring (bicyclic) bond motifs is 2. The summed E-state index contributed by atoms with van der Waals surface area (Å²) < 4.78 is 0. The molecule has 3 aromatic carbocycles. The number of carbonyl (C=O) groups excluding carboxylic acids is 2. The molecule has 2 N–H and O–H groups in total. The Bertz CT molecular complexity index is 1020. The van der Waals surface area contributed by atoms with Gasteiger partial charge in [-0.2, -0.15) is 5.06 Å². The fourth-order valence-electron chi connectivity index (χ4n) is 5.07. The fourth-order valence-corrected chi connectivity index (χ4v) is 5.07. The average Bonchev–Trinajstić information content (AvgIpc) is 3.14. The van der Waals surface area contributed by atoms with Crippen LogP contribution in [-0.2, 0) is 29.1 Å². The lowest BCUT2D eigenvalue weighted by molar-refractivity contribution is -0.140. The molecule has 1 atom stereocenters. The third-order valence-corrected chi connectivity index (χ3v) is 6.63. The summed E-state index contributed by atoms with van der Waals surface area (Å²) in [6.45, 7) is 1.15. The highest BCUT2D eigenvalue weighted by molar-refractivity contribution is 5.77. The molecule has 6 nitrogen and oxygen atoms in total. The second-order valence-corrected chi connectivity index (χ2v) is 8.86. The zero-order valence-electron chi connectivity index (χ0n) is 19.3. The van der Waals surface area contributed by atoms with Gasteiger partial charge in [0.25, 0.3) is 0 Å². The van der Waals surface area contributed by atoms with E-state index in [-0.39, 0.29) is 24.0 Å². The number of hydrogen-bond acceptors (Lipinski definition) is 3. The van der Waals surface area contributed by atoms with Crippen LogP contribution in [0.5, 0.6) is 0 Å². The Morgan fingerprint density at radius 2 is 1.32 bits per heavy atom. The van der Waals surface area contributed by atoms with Crippen LogP contribution in [0.1, 0.15) is 29.5 Å². The predicted octanol–water partition coefficient (Wildman–Crippen LogP) is 4.34. The van der Waals surface area contributed by atoms with Crippen LogP contribution in [0.25, 0.3) is 0 Å². The summed E-state index contributed by atoms with van der Waals surface area (Å²) in [6, 6.07) is 31.3. The summed E-state index contributed by atoms with van der Waals surface area (Å²) in [5, 5.41) is 1.64. The van der Waals surface area contributed by atoms with Crippen molar-refractivity contribution in [2.24, 2.45) is 5.73 Å². The van der Waals surface area contributed by atoms with Gasteiger partial charge in [0.1, 0.15) is 6.61 Å². The summed E-state index contributed by atoms with van der Waals surface area (Å²) in [5.74, 6) is 0. The Morgan fingerprint density at radius 3 is 1.82 bits per heavy atom. The molecule has 2 bridgehead atoms. The van der Waals surface area contributed by atoms with Crippen molar-refractivity contribution in [2.45, 2.75) is 43.9 Å². The van der Waals surface area contributed by atoms with Gasteiger partial charge < -0.3 is 10.6 Å². The normalized spacial score (nSPS) is 18.2. The SMILES string of the molecule is NC=O.O=C1N(OCc2ccccc2)[C@@H]2CCC(Cc3ccccc3)(Cc3ccccc3)N1C2. The minimum absolute atomic E-state index is 0.00490. The number of urea groups is 1. The number of hydrogen-bond donors (Lipinski definition) is 1. The van der Waals surface area contributed by atoms with Crippen molar-refractivity contribution in [3.05, 3.63) is 108 Å². The summed E-state index contributed by atoms with van der Waals surface area (Å²) in [5.41, 5.74) is 7.55. The summed E-state index contributed by atoms with van der Waals surface area (Å²) >= 11 is 0. The number of hydroxylamine groups is 2. The van der Waals surface area contributed by atoms with E-state index in [1.807, 2.05) is 42.5 Å². The van der Waals surface area contributed by atoms with Crippen molar-refractivity contribution in [1.82, 2.24) is 9.96 Å². The topological polar surface area (TPSA) is 75.9 Å². The van der Waals surface area contributed by atoms with E-state index in [9.17, 15) is 4.79 Å². The van der Waals surface area contributed by atoms with Crippen molar-refractivity contribution >= 4 is 12.4 Å². The van der Waals surface area contributed by atoms with Crippen LogP contribution >= 0.6 is 0 Å². The molecule has 3 aromatic rings. The second kappa shape index (κ2) is 11.0. The molecule has 5 rings (SSSR count). The molecule has 0 unspecified atom stereocenters. The van der Waals surface area contributed by atoms with Gasteiger partial charge in [0, 0.05) is 6.54 Å². The Morgan fingerprint density at radius 1 is 0.853 bits per heavy atom. The van der Waals surface area contributed by atoms with Gasteiger partial charge in [-0.15, -0.1) is 0 Å². The number of benzene rings is 3. The highest BCUT2D eigenvalue weighted by Gasteiger charge is 2.53. The molecule has 3 amide bonds. The maximum atomic E-state index is 13.5. The monoisotopic (exact) mass is 457 g/mol. The lowest BCUT2D eigenvalue weighted by atomic mass is 9.77. The Kier molecular flexibility index (Phi) is 7.60. The van der Waals surface area contributed by atoms with Gasteiger partial charge in [0.2, 0.25) is 6.41 Å². The van der Waals surface area contributed by atoms with E-state index in [2.05, 4.69) is 59.2 Å². The van der Waals surface area contributed by atoms with E-state index in [0.29, 0.717) is 6.61 Å². The van der Waals surface area contributed by atoms with E-state index in [4.69, 9.17) is 9.63 Å². The molecule has 0 spiro atoms. The number of nitrogens with zero attached hydrogens (tertiary/aromatic N) is 2. The molecule has 34 heavy (non-hydrogen) atoms. The largest absolute Gasteiger partial charge is 0.372 e. The lowest BCUT2D eigenvalue weighted by Crippen LogP contribution is -2.55. The Balaban J connectivity index is 0.000000868. The molecule has 2 aliphatic rings. The van der Waals surface area contributed by atoms with Crippen molar-refractivity contribution in [2.75, 3.05) is 6.54 Å². The van der Waals surface area contributed by atoms with Gasteiger partial charge in [-0.05, 0) is 42.4 Å². The first-order valence-electron chi connectivity index (χ1n) is 11.7. The molecule has 2 saturated heterocycles. The summed E-state index contributed by atoms with van der Waals surface area (Å²) in [4.78, 5) is 30.3. The number of amides is 3. The predicted molar refractivity (Wildman–Crippen MR) is 131 cm³/mol. The van der Waals surface area contributed by atoms with Crippen molar-refractivity contribution in [1.29, 1.82) is 0 Å². The molecule has 176 valence electrons. The minimum atomic E-state index is -0.235. The molecule has 2 heterocycles. The van der Waals surface area contributed by atoms with Crippen LogP contribution in [0.15, 0.2) is 91.0 Å². The number of primary amides is 1. The molecule has 2 fully saturated rings. The zero-order valence-corrected chi connectivity index (χ0v) is 19.3. The molecule has 0 saturated carbocycles. The number of carbonyl (C=O) groups is 2. The zero-order chi connectivity index (χ0) is 23.8. The van der Waals surface area contributed by atoms with Crippen molar-refractivity contribution < 1.29 is 14.4 Å². The summed E-state index contributed by atoms with van der Waals surface area (Å²) in [7, 11) is 0. The van der Waals surface area contributed by atoms with E-state index >= 15 is 0 Å². The highest BCUT2D eigenvalue weighted by atomic mass is 16.7. The smallest absolute Gasteiger partial charge is 0.344 e. The van der Waals surface area contributed by atoms with E-state index in [0.717, 1.165) is 37.8 Å². The van der Waals surface area contributed by atoms with E-state index < -0.39 is 0 Å². The molecular weight excluding hydrogens is 426 g/mol. The van der Waals surface area contributed by atoms with E-state index in [1.54, 1.807) is 5.06 Å². The number of nitrogens with two attached hydrogens (primary N) is 1. The molecule has 0 aromatic heterocycles. The van der Waals surface area contributed by atoms with Gasteiger partial charge in [-0.1, -0.05) is 91.0 Å². The van der Waals surface area contributed by atoms with Gasteiger partial charge in [-0.3, -0.25) is 9.63 Å². The third-order valence-electron chi connectivity index (χ3n) is 6.63. The van der Waals surface area contributed by atoms with Crippen LogP contribution < -0.4 is 5.73 Å². The summed E-state index contributed by atoms with van der Waals surface area (Å²) in [6.07, 6.45) is 3.89. The first kappa shape index (κ1) is 23.5. The van der Waals surface area contributed by atoms with Gasteiger partial charge in [0.05, 0.1) is 11.6 Å². The van der Waals surface area contributed by atoms with E-state index in [1.165, 1.54) is 11.1 Å². The van der Waals surface area contributed by atoms with Crippen LogP contribution in [0, 0.1) is 0 Å². The molecule has 2 aliphatic heterocycles. The van der Waals surface area contributed by atoms with Crippen LogP contribution in [0.3, 0.4) is 0 Å². The van der Waals surface area contributed by atoms with Crippen LogP contribution in [-0.4, -0.2) is 40.5 Å². The molecular formula is C28H31N3O3. The first-order chi connectivity index (χ1) is 16.6. The molecule has 0 radical (unpaired) electrons. The second-order valence-electron chi connectivity index (χ2n) is 8.86. The van der Waals surface area contributed by atoms with Crippen LogP contribution in [0.4, 0.5) is 4.79 Å². The molecule has 0 aliphatic carbocycles. The Labute approximate surface area is 200 Å². The van der Waals surface area contributed by atoms with Crippen LogP contribution in [0.2, 0.25) is 0 Å². The maximum absolute atomic E-state index is 13.5. The standard InChI is InChI=1S/C27H28N2O2.CH3NO/c30-26-28-20-25(29(26)31-21-24-14-8-3-9-15-24)16-17-27(28,18-22-10-4-1-5-11-22)19-23-12-6-2-7-13-23;2-1-3/h1-15,25H,16-21H2;1H,(H2,2,3)/t25-;/m1./s1. The quantitative estimate of drug-likeness (QED) is 0.536. The molecule has 6 heteroatoms. The average molecular weight is 458 g/mol. The van der Waals surface area contributed by atoms with Crippen molar-refractivity contribution in [3.8, 4) is 0 Å². The van der Waals surface area contributed by atoms with Crippen molar-refractivity contribution in [3.63, 3.8) is 0 Å². The fraction of sp³-hybridized carbons (Fsp3) is 0.286. The van der Waals surface area contributed by atoms with Gasteiger partial charge >= 0.3 is 6.03 Å².